The van der Waals surface area contributed by atoms with Gasteiger partial charge in [-0.2, -0.15) is 28.8 Å². The standard InChI is InChI=1S/C24H36FN7O4S.C20H30FN7O3S/c1-5-8-21(33)36-14-19-22(25)23(27-20-11-15(3)29-30-20)28-24(26-19)31(4)18-12-16-9-7-10-17(13-18)32(16)37(34,35)6-2;1-4-32(30,31)28-13-6-5-7-14(28)10-15(9-13)27(3)20-22-16(11-29)18(21)19(24-20)23-17-8-12(2)25-26-17/h11,16-18H,5-10,12-14H2,1-4H3,(H2,26,27,28,29,30);8,13-15,29H,4-7,9-11H2,1-3H3,(H2,22,23,24,25,26)/t16-,17+,18?;13-,14+,15?. The van der Waals surface area contributed by atoms with Gasteiger partial charge >= 0.3 is 5.97 Å². The lowest BCUT2D eigenvalue weighted by Gasteiger charge is -2.49. The zero-order chi connectivity index (χ0) is 49.8. The van der Waals surface area contributed by atoms with Gasteiger partial charge in [-0.05, 0) is 85.5 Å². The molecule has 0 aliphatic carbocycles. The number of aromatic amines is 2. The largest absolute Gasteiger partial charge is 0.459 e. The second-order valence-electron chi connectivity index (χ2n) is 18.4. The molecule has 0 radical (unpaired) electrons. The van der Waals surface area contributed by atoms with Crippen LogP contribution in [0.3, 0.4) is 0 Å². The summed E-state index contributed by atoms with van der Waals surface area (Å²) in [4.78, 5) is 33.2. The maximum atomic E-state index is 15.4. The monoisotopic (exact) mass is 1000 g/mol. The van der Waals surface area contributed by atoms with E-state index in [4.69, 9.17) is 4.74 Å². The molecule has 69 heavy (non-hydrogen) atoms. The summed E-state index contributed by atoms with van der Waals surface area (Å²) in [5, 5.41) is 29.1. The van der Waals surface area contributed by atoms with E-state index in [0.29, 0.717) is 43.7 Å². The van der Waals surface area contributed by atoms with E-state index in [1.165, 1.54) is 0 Å². The number of nitrogens with zero attached hydrogens (tertiary/aromatic N) is 10. The number of aliphatic hydroxyl groups excluding tert-OH is 1. The van der Waals surface area contributed by atoms with Crippen LogP contribution >= 0.6 is 0 Å². The van der Waals surface area contributed by atoms with Gasteiger partial charge in [0.05, 0.1) is 18.1 Å². The molecule has 4 aliphatic rings. The Hall–Kier alpha value is -5.11. The number of esters is 1. The number of halogens is 2. The van der Waals surface area contributed by atoms with Gasteiger partial charge in [0.2, 0.25) is 31.9 Å². The number of hydrogen-bond acceptors (Lipinski definition) is 17. The van der Waals surface area contributed by atoms with Crippen LogP contribution in [0.15, 0.2) is 12.1 Å². The molecule has 8 rings (SSSR count). The molecule has 0 spiro atoms. The molecular weight excluding hydrogens is 939 g/mol. The molecule has 2 unspecified atom stereocenters. The molecule has 0 aromatic carbocycles. The third-order valence-corrected chi connectivity index (χ3v) is 17.5. The van der Waals surface area contributed by atoms with Crippen molar-refractivity contribution in [2.24, 2.45) is 0 Å². The highest BCUT2D eigenvalue weighted by atomic mass is 32.2. The van der Waals surface area contributed by atoms with Gasteiger partial charge in [-0.1, -0.05) is 19.8 Å². The SMILES string of the molecule is CCCC(=O)OCc1nc(N(C)C2C[C@H]3CCC[C@@H](C2)N3S(=O)(=O)CC)nc(Nc2cc(C)[nH]n2)c1F.CCS(=O)(=O)N1[C@@H]2CCC[C@H]1CC(N(C)c1nc(CO)c(F)c(Nc3cc(C)[nH]n3)n1)C2. The molecule has 8 heterocycles. The van der Waals surface area contributed by atoms with Crippen LogP contribution in [0.2, 0.25) is 0 Å². The zero-order valence-corrected chi connectivity index (χ0v) is 42.0. The number of aromatic nitrogens is 8. The van der Waals surface area contributed by atoms with Gasteiger partial charge in [0.1, 0.15) is 18.0 Å². The first kappa shape index (κ1) is 51.7. The topological polar surface area (TPSA) is 261 Å². The van der Waals surface area contributed by atoms with E-state index in [1.807, 2.05) is 44.7 Å². The molecule has 21 nitrogen and oxygen atoms in total. The smallest absolute Gasteiger partial charge is 0.306 e. The lowest BCUT2D eigenvalue weighted by Crippen LogP contribution is -2.58. The van der Waals surface area contributed by atoms with Crippen molar-refractivity contribution in [3.8, 4) is 0 Å². The lowest BCUT2D eigenvalue weighted by molar-refractivity contribution is -0.145. The van der Waals surface area contributed by atoms with Crippen molar-refractivity contribution in [2.75, 3.05) is 46.0 Å². The molecule has 4 saturated heterocycles. The molecule has 380 valence electrons. The van der Waals surface area contributed by atoms with Gasteiger partial charge in [-0.25, -0.2) is 35.6 Å². The number of ether oxygens (including phenoxy) is 1. The minimum atomic E-state index is -3.30. The van der Waals surface area contributed by atoms with Gasteiger partial charge in [0.25, 0.3) is 0 Å². The summed E-state index contributed by atoms with van der Waals surface area (Å²) < 4.78 is 89.7. The van der Waals surface area contributed by atoms with Crippen LogP contribution in [0, 0.1) is 25.5 Å². The molecule has 5 N–H and O–H groups in total. The van der Waals surface area contributed by atoms with Crippen LogP contribution in [0.4, 0.5) is 43.9 Å². The highest BCUT2D eigenvalue weighted by Crippen LogP contribution is 2.40. The van der Waals surface area contributed by atoms with Crippen LogP contribution in [-0.2, 0) is 42.8 Å². The fraction of sp³-hybridized carbons (Fsp3) is 0.659. The van der Waals surface area contributed by atoms with E-state index in [9.17, 15) is 31.1 Å². The van der Waals surface area contributed by atoms with Crippen molar-refractivity contribution < 1.29 is 40.3 Å². The predicted octanol–water partition coefficient (Wildman–Crippen LogP) is 5.46. The Labute approximate surface area is 402 Å². The Morgan fingerprint density at radius 3 is 1.49 bits per heavy atom. The molecule has 6 atom stereocenters. The predicted molar refractivity (Wildman–Crippen MR) is 256 cm³/mol. The van der Waals surface area contributed by atoms with Gasteiger partial charge in [0, 0.05) is 80.3 Å². The van der Waals surface area contributed by atoms with Crippen LogP contribution in [-0.4, -0.2) is 139 Å². The van der Waals surface area contributed by atoms with Gasteiger partial charge in [-0.3, -0.25) is 15.0 Å². The molecule has 0 amide bonds. The van der Waals surface area contributed by atoms with Crippen molar-refractivity contribution in [1.29, 1.82) is 0 Å². The molecule has 4 aromatic rings. The molecule has 4 bridgehead atoms. The summed E-state index contributed by atoms with van der Waals surface area (Å²) in [5.74, 6) is -0.478. The average Bonchev–Trinajstić information content (AvgIpc) is 3.94. The second kappa shape index (κ2) is 21.9. The van der Waals surface area contributed by atoms with E-state index in [0.717, 1.165) is 49.9 Å². The Morgan fingerprint density at radius 1 is 0.725 bits per heavy atom. The second-order valence-corrected chi connectivity index (χ2v) is 22.7. The number of hydrogen-bond donors (Lipinski definition) is 5. The van der Waals surface area contributed by atoms with Crippen LogP contribution in [0.1, 0.15) is 121 Å². The first-order chi connectivity index (χ1) is 32.9. The number of carbonyl (C=O) groups excluding carboxylic acids is 1. The van der Waals surface area contributed by atoms with E-state index in [2.05, 4.69) is 51.0 Å². The fourth-order valence-electron chi connectivity index (χ4n) is 10.1. The number of aryl methyl sites for hydroxylation is 2. The first-order valence-electron chi connectivity index (χ1n) is 23.8. The first-order valence-corrected chi connectivity index (χ1v) is 27.0. The highest BCUT2D eigenvalue weighted by Gasteiger charge is 2.46. The number of nitrogens with one attached hydrogen (secondary N) is 4. The van der Waals surface area contributed by atoms with Crippen LogP contribution in [0.25, 0.3) is 0 Å². The summed E-state index contributed by atoms with van der Waals surface area (Å²) in [7, 11) is -2.89. The summed E-state index contributed by atoms with van der Waals surface area (Å²) in [6.45, 7) is 7.99. The molecule has 25 heteroatoms. The molecule has 0 saturated carbocycles. The van der Waals surface area contributed by atoms with E-state index in [1.54, 1.807) is 34.6 Å². The number of aliphatic hydroxyl groups is 1. The van der Waals surface area contributed by atoms with E-state index in [-0.39, 0.29) is 95.7 Å². The zero-order valence-electron chi connectivity index (χ0n) is 40.4. The molecule has 4 fully saturated rings. The summed E-state index contributed by atoms with van der Waals surface area (Å²) >= 11 is 0. The van der Waals surface area contributed by atoms with E-state index < -0.39 is 44.3 Å². The highest BCUT2D eigenvalue weighted by molar-refractivity contribution is 7.89. The quantitative estimate of drug-likeness (QED) is 0.0823. The number of anilines is 6. The van der Waals surface area contributed by atoms with Gasteiger partial charge in [0.15, 0.2) is 34.9 Å². The number of H-pyrrole nitrogens is 2. The Morgan fingerprint density at radius 2 is 1.13 bits per heavy atom. The van der Waals surface area contributed by atoms with Crippen molar-refractivity contribution in [2.45, 2.75) is 161 Å². The molecule has 4 aromatic heterocycles. The molecule has 4 aliphatic heterocycles. The number of carbonyl (C=O) groups is 1. The molecular formula is C44H66F2N14O7S2. The summed E-state index contributed by atoms with van der Waals surface area (Å²) in [6, 6.07) is 3.15. The van der Waals surface area contributed by atoms with Crippen molar-refractivity contribution >= 4 is 61.2 Å². The van der Waals surface area contributed by atoms with Crippen LogP contribution < -0.4 is 20.4 Å². The Kier molecular flexibility index (Phi) is 16.4. The maximum absolute atomic E-state index is 15.4. The number of piperidine rings is 4. The number of rotatable bonds is 17. The van der Waals surface area contributed by atoms with Crippen molar-refractivity contribution in [1.82, 2.24) is 48.9 Å². The maximum Gasteiger partial charge on any atom is 0.306 e. The fourth-order valence-corrected chi connectivity index (χ4v) is 13.2. The van der Waals surface area contributed by atoms with Gasteiger partial charge < -0.3 is 30.3 Å². The Bertz CT molecular complexity index is 2630. The van der Waals surface area contributed by atoms with Crippen molar-refractivity contribution in [3.05, 3.63) is 46.5 Å². The third-order valence-electron chi connectivity index (χ3n) is 13.6. The lowest BCUT2D eigenvalue weighted by atomic mass is 9.83. The van der Waals surface area contributed by atoms with Crippen molar-refractivity contribution in [3.63, 3.8) is 0 Å². The minimum Gasteiger partial charge on any atom is -0.459 e. The summed E-state index contributed by atoms with van der Waals surface area (Å²) in [5.41, 5.74) is 1.45. The van der Waals surface area contributed by atoms with Gasteiger partial charge in [-0.15, -0.1) is 0 Å². The average molecular weight is 1010 g/mol. The third kappa shape index (κ3) is 11.7. The minimum absolute atomic E-state index is 0.00564. The number of sulfonamides is 2. The Balaban J connectivity index is 0.000000206. The normalized spacial score (nSPS) is 22.9. The summed E-state index contributed by atoms with van der Waals surface area (Å²) in [6.07, 6.45) is 8.74. The van der Waals surface area contributed by atoms with Crippen LogP contribution in [0.5, 0.6) is 0 Å². The number of fused-ring (bicyclic) bond motifs is 4. The van der Waals surface area contributed by atoms with E-state index >= 15 is 4.39 Å².